The van der Waals surface area contributed by atoms with Gasteiger partial charge in [0.2, 0.25) is 0 Å². The SMILES string of the molecule is O=P(O)(OCC(Br)CBr)Oc1ccccc1. The van der Waals surface area contributed by atoms with Crippen LogP contribution in [0, 0.1) is 0 Å². The first-order valence-electron chi connectivity index (χ1n) is 4.45. The molecule has 2 atom stereocenters. The maximum Gasteiger partial charge on any atom is 0.527 e. The molecule has 0 heterocycles. The third-order valence-electron chi connectivity index (χ3n) is 1.55. The second-order valence-corrected chi connectivity index (χ2v) is 6.24. The lowest BCUT2D eigenvalue weighted by atomic mass is 10.3. The van der Waals surface area contributed by atoms with Gasteiger partial charge in [-0.2, -0.15) is 0 Å². The van der Waals surface area contributed by atoms with E-state index in [1.54, 1.807) is 30.3 Å². The highest BCUT2D eigenvalue weighted by Gasteiger charge is 2.23. The summed E-state index contributed by atoms with van der Waals surface area (Å²) in [6.45, 7) is 0.0891. The molecule has 0 aliphatic carbocycles. The monoisotopic (exact) mass is 372 g/mol. The Balaban J connectivity index is 2.49. The van der Waals surface area contributed by atoms with Crippen LogP contribution in [0.4, 0.5) is 0 Å². The van der Waals surface area contributed by atoms with Crippen LogP contribution in [0.1, 0.15) is 0 Å². The summed E-state index contributed by atoms with van der Waals surface area (Å²) in [5.74, 6) is 0.304. The van der Waals surface area contributed by atoms with Gasteiger partial charge in [0.05, 0.1) is 6.61 Å². The lowest BCUT2D eigenvalue weighted by molar-refractivity contribution is 0.207. The van der Waals surface area contributed by atoms with Crippen molar-refractivity contribution in [2.45, 2.75) is 4.83 Å². The van der Waals surface area contributed by atoms with Gasteiger partial charge in [0, 0.05) is 10.2 Å². The van der Waals surface area contributed by atoms with Gasteiger partial charge in [0.25, 0.3) is 0 Å². The van der Waals surface area contributed by atoms with Crippen molar-refractivity contribution in [1.29, 1.82) is 0 Å². The molecule has 0 bridgehead atoms. The number of halogens is 2. The molecule has 0 spiro atoms. The van der Waals surface area contributed by atoms with Crippen molar-refractivity contribution in [2.75, 3.05) is 11.9 Å². The fourth-order valence-electron chi connectivity index (χ4n) is 0.861. The number of para-hydroxylation sites is 1. The fraction of sp³-hybridized carbons (Fsp3) is 0.333. The van der Waals surface area contributed by atoms with E-state index in [0.29, 0.717) is 11.1 Å². The van der Waals surface area contributed by atoms with Crippen LogP contribution in [0.3, 0.4) is 0 Å². The maximum atomic E-state index is 11.5. The molecular weight excluding hydrogens is 363 g/mol. The van der Waals surface area contributed by atoms with Gasteiger partial charge in [0.15, 0.2) is 0 Å². The Labute approximate surface area is 111 Å². The lowest BCUT2D eigenvalue weighted by Gasteiger charge is -2.14. The normalized spacial score (nSPS) is 16.4. The minimum absolute atomic E-state index is 0.0349. The Morgan fingerprint density at radius 1 is 1.38 bits per heavy atom. The molecule has 0 aliphatic rings. The number of alkyl halides is 2. The Morgan fingerprint density at radius 2 is 2.00 bits per heavy atom. The van der Waals surface area contributed by atoms with E-state index in [1.165, 1.54) is 0 Å². The standard InChI is InChI=1S/C9H11Br2O4P/c10-6-8(11)7-14-16(12,13)15-9-4-2-1-3-5-9/h1-5,8H,6-7H2,(H,12,13). The molecule has 1 aromatic rings. The van der Waals surface area contributed by atoms with Crippen LogP contribution < -0.4 is 4.52 Å². The van der Waals surface area contributed by atoms with E-state index in [4.69, 9.17) is 9.05 Å². The van der Waals surface area contributed by atoms with Crippen LogP contribution in [0.2, 0.25) is 0 Å². The minimum atomic E-state index is -4.03. The minimum Gasteiger partial charge on any atom is -0.404 e. The molecule has 0 aromatic heterocycles. The Kier molecular flexibility index (Phi) is 6.00. The number of hydrogen-bond donors (Lipinski definition) is 1. The second-order valence-electron chi connectivity index (χ2n) is 2.92. The summed E-state index contributed by atoms with van der Waals surface area (Å²) in [6, 6.07) is 8.38. The average Bonchev–Trinajstić information content (AvgIpc) is 2.27. The molecule has 0 aliphatic heterocycles. The van der Waals surface area contributed by atoms with Gasteiger partial charge in [-0.1, -0.05) is 50.1 Å². The van der Waals surface area contributed by atoms with Crippen LogP contribution >= 0.6 is 39.7 Å². The molecule has 0 saturated heterocycles. The Bertz CT molecular complexity index is 360. The summed E-state index contributed by atoms with van der Waals surface area (Å²) in [5.41, 5.74) is 0. The van der Waals surface area contributed by atoms with Crippen LogP contribution in [0.15, 0.2) is 30.3 Å². The van der Waals surface area contributed by atoms with Crippen molar-refractivity contribution in [2.24, 2.45) is 0 Å². The number of hydrogen-bond acceptors (Lipinski definition) is 3. The average molecular weight is 374 g/mol. The zero-order chi connectivity index (χ0) is 12.0. The molecule has 16 heavy (non-hydrogen) atoms. The molecule has 1 N–H and O–H groups in total. The Hall–Kier alpha value is 0.130. The smallest absolute Gasteiger partial charge is 0.404 e. The number of phosphoric acid groups is 1. The van der Waals surface area contributed by atoms with Crippen molar-refractivity contribution in [3.8, 4) is 5.75 Å². The largest absolute Gasteiger partial charge is 0.527 e. The van der Waals surface area contributed by atoms with E-state index in [0.717, 1.165) is 0 Å². The van der Waals surface area contributed by atoms with Gasteiger partial charge in [-0.25, -0.2) is 4.57 Å². The third kappa shape index (κ3) is 5.46. The van der Waals surface area contributed by atoms with Crippen LogP contribution in [-0.2, 0) is 9.09 Å². The highest BCUT2D eigenvalue weighted by atomic mass is 79.9. The molecule has 4 nitrogen and oxygen atoms in total. The van der Waals surface area contributed by atoms with Crippen molar-refractivity contribution in [3.05, 3.63) is 30.3 Å². The van der Waals surface area contributed by atoms with Crippen LogP contribution in [0.25, 0.3) is 0 Å². The summed E-state index contributed by atoms with van der Waals surface area (Å²) >= 11 is 6.47. The highest BCUT2D eigenvalue weighted by molar-refractivity contribution is 9.12. The predicted octanol–water partition coefficient (Wildman–Crippen LogP) is 3.34. The second kappa shape index (κ2) is 6.77. The van der Waals surface area contributed by atoms with E-state index in [2.05, 4.69) is 31.9 Å². The summed E-state index contributed by atoms with van der Waals surface area (Å²) in [4.78, 5) is 9.35. The van der Waals surface area contributed by atoms with E-state index in [9.17, 15) is 9.46 Å². The topological polar surface area (TPSA) is 55.8 Å². The van der Waals surface area contributed by atoms with Crippen LogP contribution in [0.5, 0.6) is 5.75 Å². The first-order valence-corrected chi connectivity index (χ1v) is 7.99. The van der Waals surface area contributed by atoms with E-state index >= 15 is 0 Å². The molecular formula is C9H11Br2O4P. The maximum absolute atomic E-state index is 11.5. The van der Waals surface area contributed by atoms with E-state index < -0.39 is 7.82 Å². The van der Waals surface area contributed by atoms with Crippen molar-refractivity contribution < 1.29 is 18.5 Å². The van der Waals surface area contributed by atoms with Crippen molar-refractivity contribution in [3.63, 3.8) is 0 Å². The van der Waals surface area contributed by atoms with Gasteiger partial charge in [-0.05, 0) is 12.1 Å². The molecule has 0 radical (unpaired) electrons. The number of rotatable bonds is 6. The molecule has 0 fully saturated rings. The van der Waals surface area contributed by atoms with Crippen molar-refractivity contribution in [1.82, 2.24) is 0 Å². The molecule has 1 aromatic carbocycles. The van der Waals surface area contributed by atoms with E-state index in [1.807, 2.05) is 0 Å². The molecule has 7 heteroatoms. The quantitative estimate of drug-likeness (QED) is 0.613. The van der Waals surface area contributed by atoms with Crippen LogP contribution in [-0.4, -0.2) is 21.7 Å². The zero-order valence-corrected chi connectivity index (χ0v) is 12.3. The fourth-order valence-corrected chi connectivity index (χ4v) is 2.19. The van der Waals surface area contributed by atoms with Gasteiger partial charge in [-0.15, -0.1) is 0 Å². The highest BCUT2D eigenvalue weighted by Crippen LogP contribution is 2.43. The molecule has 0 saturated carbocycles. The predicted molar refractivity (Wildman–Crippen MR) is 69.4 cm³/mol. The van der Waals surface area contributed by atoms with Crippen molar-refractivity contribution >= 4 is 39.7 Å². The molecule has 0 amide bonds. The lowest BCUT2D eigenvalue weighted by Crippen LogP contribution is -2.10. The zero-order valence-electron chi connectivity index (χ0n) is 8.25. The number of phosphoric ester groups is 1. The molecule has 2 unspecified atom stereocenters. The summed E-state index contributed by atoms with van der Waals surface area (Å²) < 4.78 is 21.1. The van der Waals surface area contributed by atoms with Gasteiger partial charge < -0.3 is 4.52 Å². The molecule has 1 rings (SSSR count). The first kappa shape index (κ1) is 14.2. The third-order valence-corrected chi connectivity index (χ3v) is 4.71. The summed E-state index contributed by atoms with van der Waals surface area (Å²) in [7, 11) is -4.03. The molecule has 90 valence electrons. The number of benzene rings is 1. The Morgan fingerprint density at radius 3 is 2.56 bits per heavy atom. The van der Waals surface area contributed by atoms with Gasteiger partial charge in [-0.3, -0.25) is 9.42 Å². The van der Waals surface area contributed by atoms with Gasteiger partial charge >= 0.3 is 7.82 Å². The van der Waals surface area contributed by atoms with E-state index in [-0.39, 0.29) is 11.4 Å². The summed E-state index contributed by atoms with van der Waals surface area (Å²) in [6.07, 6.45) is 0. The first-order chi connectivity index (χ1) is 7.53. The summed E-state index contributed by atoms with van der Waals surface area (Å²) in [5, 5.41) is 0.623. The van der Waals surface area contributed by atoms with Gasteiger partial charge in [0.1, 0.15) is 5.75 Å².